The summed E-state index contributed by atoms with van der Waals surface area (Å²) >= 11 is 1.44. The van der Waals surface area contributed by atoms with Crippen molar-refractivity contribution in [1.82, 2.24) is 9.88 Å². The molecule has 1 aliphatic rings. The van der Waals surface area contributed by atoms with Crippen LogP contribution in [0, 0.1) is 11.8 Å². The Kier molecular flexibility index (Phi) is 3.79. The molecule has 1 aliphatic heterocycles. The van der Waals surface area contributed by atoms with Gasteiger partial charge in [-0.15, -0.1) is 11.3 Å². The molecule has 0 aromatic carbocycles. The molecule has 0 bridgehead atoms. The summed E-state index contributed by atoms with van der Waals surface area (Å²) < 4.78 is 0. The fraction of sp³-hybridized carbons (Fsp3) is 0.667. The van der Waals surface area contributed by atoms with E-state index in [0.29, 0.717) is 0 Å². The Morgan fingerprint density at radius 1 is 1.53 bits per heavy atom. The van der Waals surface area contributed by atoms with Crippen LogP contribution < -0.4 is 0 Å². The smallest absolute Gasteiger partial charge is 0.355 e. The van der Waals surface area contributed by atoms with Crippen molar-refractivity contribution in [3.63, 3.8) is 0 Å². The van der Waals surface area contributed by atoms with E-state index in [1.165, 1.54) is 17.8 Å². The number of piperidine rings is 1. The first-order valence-electron chi connectivity index (χ1n) is 5.94. The Balaban J connectivity index is 1.97. The lowest BCUT2D eigenvalue weighted by atomic mass is 9.92. The van der Waals surface area contributed by atoms with Crippen molar-refractivity contribution in [2.24, 2.45) is 11.8 Å². The van der Waals surface area contributed by atoms with Gasteiger partial charge in [-0.1, -0.05) is 13.8 Å². The van der Waals surface area contributed by atoms with E-state index in [1.807, 2.05) is 0 Å². The summed E-state index contributed by atoms with van der Waals surface area (Å²) in [4.78, 5) is 17.3. The average Bonchev–Trinajstić information content (AvgIpc) is 2.64. The molecule has 2 heterocycles. The molecule has 2 unspecified atom stereocenters. The molecule has 0 saturated carbocycles. The van der Waals surface area contributed by atoms with Crippen molar-refractivity contribution >= 4 is 17.3 Å². The molecule has 4 nitrogen and oxygen atoms in total. The van der Waals surface area contributed by atoms with E-state index in [0.717, 1.165) is 36.5 Å². The summed E-state index contributed by atoms with van der Waals surface area (Å²) in [6.45, 7) is 7.51. The van der Waals surface area contributed by atoms with Gasteiger partial charge in [0.05, 0.1) is 6.54 Å². The van der Waals surface area contributed by atoms with E-state index < -0.39 is 5.97 Å². The van der Waals surface area contributed by atoms with E-state index in [9.17, 15) is 4.79 Å². The summed E-state index contributed by atoms with van der Waals surface area (Å²) in [6, 6.07) is 0. The van der Waals surface area contributed by atoms with Crippen LogP contribution in [0.5, 0.6) is 0 Å². The second-order valence-electron chi connectivity index (χ2n) is 5.07. The van der Waals surface area contributed by atoms with Crippen molar-refractivity contribution < 1.29 is 9.90 Å². The number of rotatable bonds is 3. The summed E-state index contributed by atoms with van der Waals surface area (Å²) in [5.74, 6) is 0.503. The number of thiazole rings is 1. The summed E-state index contributed by atoms with van der Waals surface area (Å²) in [5.41, 5.74) is 0.170. The standard InChI is InChI=1S/C12H18N2O2S/c1-8-3-9(2)5-14(4-8)6-11-13-10(7-17-11)12(15)16/h7-9H,3-6H2,1-2H3,(H,15,16). The molecule has 0 aliphatic carbocycles. The zero-order valence-electron chi connectivity index (χ0n) is 10.2. The number of carboxylic acids is 1. The van der Waals surface area contributed by atoms with Crippen LogP contribution in [0.4, 0.5) is 0 Å². The highest BCUT2D eigenvalue weighted by Gasteiger charge is 2.22. The summed E-state index contributed by atoms with van der Waals surface area (Å²) in [5, 5.41) is 11.3. The fourth-order valence-corrected chi connectivity index (χ4v) is 3.40. The first-order chi connectivity index (χ1) is 8.04. The Morgan fingerprint density at radius 2 is 2.18 bits per heavy atom. The molecule has 1 aromatic rings. The Morgan fingerprint density at radius 3 is 2.71 bits per heavy atom. The van der Waals surface area contributed by atoms with Gasteiger partial charge in [0, 0.05) is 18.5 Å². The third-order valence-corrected chi connectivity index (χ3v) is 3.91. The molecule has 2 atom stereocenters. The van der Waals surface area contributed by atoms with Crippen molar-refractivity contribution in [3.8, 4) is 0 Å². The highest BCUT2D eigenvalue weighted by atomic mass is 32.1. The highest BCUT2D eigenvalue weighted by Crippen LogP contribution is 2.23. The SMILES string of the molecule is CC1CC(C)CN(Cc2nc(C(=O)O)cs2)C1. The van der Waals surface area contributed by atoms with Crippen molar-refractivity contribution in [3.05, 3.63) is 16.1 Å². The third-order valence-electron chi connectivity index (χ3n) is 3.07. The van der Waals surface area contributed by atoms with Gasteiger partial charge in [0.2, 0.25) is 0 Å². The number of aromatic nitrogens is 1. The van der Waals surface area contributed by atoms with Gasteiger partial charge >= 0.3 is 5.97 Å². The van der Waals surface area contributed by atoms with Crippen LogP contribution in [-0.4, -0.2) is 34.0 Å². The molecule has 17 heavy (non-hydrogen) atoms. The molecule has 1 aromatic heterocycles. The zero-order valence-corrected chi connectivity index (χ0v) is 11.0. The second kappa shape index (κ2) is 5.14. The number of carbonyl (C=O) groups is 1. The number of nitrogens with zero attached hydrogens (tertiary/aromatic N) is 2. The van der Waals surface area contributed by atoms with Gasteiger partial charge < -0.3 is 5.11 Å². The maximum Gasteiger partial charge on any atom is 0.355 e. The number of hydrogen-bond acceptors (Lipinski definition) is 4. The van der Waals surface area contributed by atoms with Gasteiger partial charge in [-0.25, -0.2) is 9.78 Å². The Labute approximate surface area is 105 Å². The highest BCUT2D eigenvalue weighted by molar-refractivity contribution is 7.09. The van der Waals surface area contributed by atoms with Crippen molar-refractivity contribution in [2.75, 3.05) is 13.1 Å². The van der Waals surface area contributed by atoms with Gasteiger partial charge in [0.25, 0.3) is 0 Å². The third kappa shape index (κ3) is 3.26. The lowest BCUT2D eigenvalue weighted by Crippen LogP contribution is -2.38. The van der Waals surface area contributed by atoms with Crippen LogP contribution in [0.2, 0.25) is 0 Å². The first kappa shape index (κ1) is 12.5. The average molecular weight is 254 g/mol. The van der Waals surface area contributed by atoms with Crippen LogP contribution in [0.25, 0.3) is 0 Å². The van der Waals surface area contributed by atoms with Gasteiger partial charge in [-0.05, 0) is 18.3 Å². The van der Waals surface area contributed by atoms with E-state index >= 15 is 0 Å². The van der Waals surface area contributed by atoms with E-state index in [-0.39, 0.29) is 5.69 Å². The molecule has 0 radical (unpaired) electrons. The molecular weight excluding hydrogens is 236 g/mol. The normalized spacial score (nSPS) is 26.0. The summed E-state index contributed by atoms with van der Waals surface area (Å²) in [7, 11) is 0. The minimum Gasteiger partial charge on any atom is -0.476 e. The molecule has 1 fully saturated rings. The molecule has 5 heteroatoms. The van der Waals surface area contributed by atoms with Crippen LogP contribution >= 0.6 is 11.3 Å². The van der Waals surface area contributed by atoms with E-state index in [4.69, 9.17) is 5.11 Å². The van der Waals surface area contributed by atoms with Crippen molar-refractivity contribution in [2.45, 2.75) is 26.8 Å². The van der Waals surface area contributed by atoms with E-state index in [1.54, 1.807) is 5.38 Å². The minimum atomic E-state index is -0.937. The Hall–Kier alpha value is -0.940. The topological polar surface area (TPSA) is 53.4 Å². The maximum atomic E-state index is 10.7. The van der Waals surface area contributed by atoms with Gasteiger partial charge in [0.15, 0.2) is 5.69 Å². The molecule has 2 rings (SSSR count). The predicted molar refractivity (Wildman–Crippen MR) is 67.3 cm³/mol. The molecule has 1 N–H and O–H groups in total. The molecular formula is C12H18N2O2S. The van der Waals surface area contributed by atoms with Crippen LogP contribution in [-0.2, 0) is 6.54 Å². The molecule has 0 spiro atoms. The summed E-state index contributed by atoms with van der Waals surface area (Å²) in [6.07, 6.45) is 1.29. The second-order valence-corrected chi connectivity index (χ2v) is 6.01. The minimum absolute atomic E-state index is 0.170. The largest absolute Gasteiger partial charge is 0.476 e. The molecule has 0 amide bonds. The van der Waals surface area contributed by atoms with Crippen LogP contribution in [0.1, 0.15) is 35.8 Å². The van der Waals surface area contributed by atoms with Crippen molar-refractivity contribution in [1.29, 1.82) is 0 Å². The number of hydrogen-bond donors (Lipinski definition) is 1. The van der Waals surface area contributed by atoms with Gasteiger partial charge in [-0.2, -0.15) is 0 Å². The maximum absolute atomic E-state index is 10.7. The quantitative estimate of drug-likeness (QED) is 0.899. The molecule has 1 saturated heterocycles. The van der Waals surface area contributed by atoms with Crippen LogP contribution in [0.3, 0.4) is 0 Å². The zero-order chi connectivity index (χ0) is 12.4. The first-order valence-corrected chi connectivity index (χ1v) is 6.82. The van der Waals surface area contributed by atoms with E-state index in [2.05, 4.69) is 23.7 Å². The lowest BCUT2D eigenvalue weighted by molar-refractivity contribution is 0.0690. The van der Waals surface area contributed by atoms with Crippen LogP contribution in [0.15, 0.2) is 5.38 Å². The van der Waals surface area contributed by atoms with Gasteiger partial charge in [-0.3, -0.25) is 4.90 Å². The number of carboxylic acid groups (broad SMARTS) is 1. The fourth-order valence-electron chi connectivity index (χ4n) is 2.59. The number of likely N-dealkylation sites (tertiary alicyclic amines) is 1. The molecule has 94 valence electrons. The monoisotopic (exact) mass is 254 g/mol. The number of aromatic carboxylic acids is 1. The lowest BCUT2D eigenvalue weighted by Gasteiger charge is -2.34. The van der Waals surface area contributed by atoms with Gasteiger partial charge in [0.1, 0.15) is 5.01 Å². The predicted octanol–water partition coefficient (Wildman–Crippen LogP) is 2.32. The Bertz CT molecular complexity index is 395.